The third-order valence-corrected chi connectivity index (χ3v) is 4.00. The van der Waals surface area contributed by atoms with Gasteiger partial charge < -0.3 is 10.5 Å². The minimum Gasteiger partial charge on any atom is -0.496 e. The predicted molar refractivity (Wildman–Crippen MR) is 79.2 cm³/mol. The molecule has 0 atom stereocenters. The van der Waals surface area contributed by atoms with Gasteiger partial charge in [0.05, 0.1) is 18.4 Å². The van der Waals surface area contributed by atoms with Crippen molar-refractivity contribution in [3.05, 3.63) is 33.7 Å². The second-order valence-corrected chi connectivity index (χ2v) is 5.65. The van der Waals surface area contributed by atoms with Crippen LogP contribution in [-0.4, -0.2) is 18.6 Å². The fourth-order valence-corrected chi connectivity index (χ4v) is 2.91. The SMILES string of the molecule is COc1ccc(Br)cc1-c1nc(CCCN)cs1. The smallest absolute Gasteiger partial charge is 0.129 e. The van der Waals surface area contributed by atoms with Gasteiger partial charge in [-0.3, -0.25) is 0 Å². The van der Waals surface area contributed by atoms with Gasteiger partial charge in [0.1, 0.15) is 10.8 Å². The summed E-state index contributed by atoms with van der Waals surface area (Å²) in [4.78, 5) is 4.63. The van der Waals surface area contributed by atoms with Crippen molar-refractivity contribution < 1.29 is 4.74 Å². The van der Waals surface area contributed by atoms with Crippen LogP contribution in [0.25, 0.3) is 10.6 Å². The minimum absolute atomic E-state index is 0.701. The first-order valence-corrected chi connectivity index (χ1v) is 7.40. The molecule has 2 aromatic rings. The quantitative estimate of drug-likeness (QED) is 0.915. The van der Waals surface area contributed by atoms with E-state index in [4.69, 9.17) is 10.5 Å². The number of methoxy groups -OCH3 is 1. The third-order valence-electron chi connectivity index (χ3n) is 2.58. The number of hydrogen-bond acceptors (Lipinski definition) is 4. The molecule has 2 rings (SSSR count). The maximum atomic E-state index is 5.51. The lowest BCUT2D eigenvalue weighted by Gasteiger charge is -2.06. The Morgan fingerprint density at radius 1 is 1.44 bits per heavy atom. The van der Waals surface area contributed by atoms with E-state index in [2.05, 4.69) is 26.3 Å². The molecule has 1 aromatic heterocycles. The minimum atomic E-state index is 0.701. The van der Waals surface area contributed by atoms with E-state index in [9.17, 15) is 0 Å². The van der Waals surface area contributed by atoms with Crippen LogP contribution < -0.4 is 10.5 Å². The first-order chi connectivity index (χ1) is 8.74. The zero-order valence-electron chi connectivity index (χ0n) is 10.1. The molecule has 0 saturated heterocycles. The van der Waals surface area contributed by atoms with E-state index in [1.54, 1.807) is 18.4 Å². The lowest BCUT2D eigenvalue weighted by Crippen LogP contribution is -2.00. The van der Waals surface area contributed by atoms with E-state index >= 15 is 0 Å². The van der Waals surface area contributed by atoms with E-state index in [0.29, 0.717) is 6.54 Å². The monoisotopic (exact) mass is 326 g/mol. The van der Waals surface area contributed by atoms with Crippen LogP contribution >= 0.6 is 27.3 Å². The van der Waals surface area contributed by atoms with E-state index in [0.717, 1.165) is 39.3 Å². The lowest BCUT2D eigenvalue weighted by atomic mass is 10.2. The molecule has 5 heteroatoms. The molecular weight excluding hydrogens is 312 g/mol. The van der Waals surface area contributed by atoms with E-state index in [1.807, 2.05) is 18.2 Å². The van der Waals surface area contributed by atoms with Crippen molar-refractivity contribution >= 4 is 27.3 Å². The van der Waals surface area contributed by atoms with E-state index in [-0.39, 0.29) is 0 Å². The Kier molecular flexibility index (Phi) is 4.74. The fraction of sp³-hybridized carbons (Fsp3) is 0.308. The number of nitrogens with zero attached hydrogens (tertiary/aromatic N) is 1. The molecule has 0 aliphatic rings. The number of halogens is 1. The number of thiazole rings is 1. The normalized spacial score (nSPS) is 10.6. The standard InChI is InChI=1S/C13H15BrN2OS/c1-17-12-5-4-9(14)7-11(12)13-16-10(8-18-13)3-2-6-15/h4-5,7-8H,2-3,6,15H2,1H3. The Hall–Kier alpha value is -0.910. The van der Waals surface area contributed by atoms with Crippen molar-refractivity contribution in [1.82, 2.24) is 4.98 Å². The first kappa shape index (κ1) is 13.5. The Balaban J connectivity index is 2.30. The molecule has 18 heavy (non-hydrogen) atoms. The van der Waals surface area contributed by atoms with Gasteiger partial charge in [0.15, 0.2) is 0 Å². The number of nitrogens with two attached hydrogens (primary N) is 1. The van der Waals surface area contributed by atoms with E-state index < -0.39 is 0 Å². The average molecular weight is 327 g/mol. The molecule has 0 radical (unpaired) electrons. The van der Waals surface area contributed by atoms with Crippen molar-refractivity contribution in [2.24, 2.45) is 5.73 Å². The molecule has 0 fully saturated rings. The maximum absolute atomic E-state index is 5.51. The summed E-state index contributed by atoms with van der Waals surface area (Å²) >= 11 is 5.11. The van der Waals surface area contributed by atoms with Gasteiger partial charge >= 0.3 is 0 Å². The fourth-order valence-electron chi connectivity index (χ4n) is 1.68. The van der Waals surface area contributed by atoms with Crippen LogP contribution in [0.15, 0.2) is 28.1 Å². The van der Waals surface area contributed by atoms with Gasteiger partial charge in [-0.25, -0.2) is 4.98 Å². The lowest BCUT2D eigenvalue weighted by molar-refractivity contribution is 0.416. The molecule has 96 valence electrons. The Morgan fingerprint density at radius 2 is 2.28 bits per heavy atom. The van der Waals surface area contributed by atoms with Crippen molar-refractivity contribution in [3.8, 4) is 16.3 Å². The number of ether oxygens (including phenoxy) is 1. The van der Waals surface area contributed by atoms with Crippen LogP contribution in [0.5, 0.6) is 5.75 Å². The summed E-state index contributed by atoms with van der Waals surface area (Å²) in [5.41, 5.74) is 7.63. The summed E-state index contributed by atoms with van der Waals surface area (Å²) in [5.74, 6) is 0.845. The molecule has 0 bridgehead atoms. The molecule has 3 nitrogen and oxygen atoms in total. The van der Waals surface area contributed by atoms with Gasteiger partial charge in [-0.1, -0.05) is 15.9 Å². The highest BCUT2D eigenvalue weighted by molar-refractivity contribution is 9.10. The second kappa shape index (κ2) is 6.31. The molecule has 0 aliphatic heterocycles. The van der Waals surface area contributed by atoms with Gasteiger partial charge in [-0.05, 0) is 37.6 Å². The first-order valence-electron chi connectivity index (χ1n) is 5.73. The Morgan fingerprint density at radius 3 is 3.00 bits per heavy atom. The van der Waals surface area contributed by atoms with Crippen LogP contribution in [-0.2, 0) is 6.42 Å². The third kappa shape index (κ3) is 3.10. The van der Waals surface area contributed by atoms with Crippen LogP contribution in [0.4, 0.5) is 0 Å². The molecule has 2 N–H and O–H groups in total. The molecule has 0 spiro atoms. The summed E-state index contributed by atoms with van der Waals surface area (Å²) in [5, 5.41) is 3.07. The number of rotatable bonds is 5. The van der Waals surface area contributed by atoms with Crippen molar-refractivity contribution in [2.75, 3.05) is 13.7 Å². The highest BCUT2D eigenvalue weighted by Gasteiger charge is 2.10. The Labute approximate surface area is 119 Å². The number of hydrogen-bond donors (Lipinski definition) is 1. The summed E-state index contributed by atoms with van der Waals surface area (Å²) in [6.45, 7) is 0.701. The van der Waals surface area contributed by atoms with Crippen molar-refractivity contribution in [1.29, 1.82) is 0 Å². The highest BCUT2D eigenvalue weighted by Crippen LogP contribution is 2.34. The zero-order valence-corrected chi connectivity index (χ0v) is 12.6. The zero-order chi connectivity index (χ0) is 13.0. The van der Waals surface area contributed by atoms with Crippen LogP contribution in [0.1, 0.15) is 12.1 Å². The number of aryl methyl sites for hydroxylation is 1. The predicted octanol–water partition coefficient (Wildman–Crippen LogP) is 3.47. The van der Waals surface area contributed by atoms with Gasteiger partial charge in [0.25, 0.3) is 0 Å². The Bertz CT molecular complexity index is 527. The van der Waals surface area contributed by atoms with Crippen LogP contribution in [0.3, 0.4) is 0 Å². The molecule has 0 aliphatic carbocycles. The largest absolute Gasteiger partial charge is 0.496 e. The number of benzene rings is 1. The van der Waals surface area contributed by atoms with Crippen LogP contribution in [0, 0.1) is 0 Å². The van der Waals surface area contributed by atoms with Crippen molar-refractivity contribution in [3.63, 3.8) is 0 Å². The molecule has 0 saturated carbocycles. The van der Waals surface area contributed by atoms with E-state index in [1.165, 1.54) is 0 Å². The topological polar surface area (TPSA) is 48.1 Å². The van der Waals surface area contributed by atoms with Gasteiger partial charge in [0, 0.05) is 9.85 Å². The van der Waals surface area contributed by atoms with Gasteiger partial charge in [-0.2, -0.15) is 0 Å². The van der Waals surface area contributed by atoms with Crippen molar-refractivity contribution in [2.45, 2.75) is 12.8 Å². The molecule has 1 heterocycles. The molecule has 0 amide bonds. The molecule has 1 aromatic carbocycles. The summed E-state index contributed by atoms with van der Waals surface area (Å²) in [6.07, 6.45) is 1.90. The number of aromatic nitrogens is 1. The maximum Gasteiger partial charge on any atom is 0.129 e. The second-order valence-electron chi connectivity index (χ2n) is 3.88. The van der Waals surface area contributed by atoms with Gasteiger partial charge in [-0.15, -0.1) is 11.3 Å². The summed E-state index contributed by atoms with van der Waals surface area (Å²) in [7, 11) is 1.68. The van der Waals surface area contributed by atoms with Crippen LogP contribution in [0.2, 0.25) is 0 Å². The molecule has 0 unspecified atom stereocenters. The summed E-state index contributed by atoms with van der Waals surface area (Å²) in [6, 6.07) is 5.94. The average Bonchev–Trinajstić information content (AvgIpc) is 2.85. The molecular formula is C13H15BrN2OS. The van der Waals surface area contributed by atoms with Gasteiger partial charge in [0.2, 0.25) is 0 Å². The summed E-state index contributed by atoms with van der Waals surface area (Å²) < 4.78 is 6.40. The highest BCUT2D eigenvalue weighted by atomic mass is 79.9.